The third-order valence-corrected chi connectivity index (χ3v) is 3.00. The highest BCUT2D eigenvalue weighted by atomic mass is 16.5. The Morgan fingerprint density at radius 3 is 2.27 bits per heavy atom. The third-order valence-electron chi connectivity index (χ3n) is 3.00. The molecule has 0 amide bonds. The van der Waals surface area contributed by atoms with Crippen LogP contribution in [0.4, 0.5) is 0 Å². The Morgan fingerprint density at radius 2 is 2.18 bits per heavy atom. The van der Waals surface area contributed by atoms with E-state index in [9.17, 15) is 5.11 Å². The highest BCUT2D eigenvalue weighted by molar-refractivity contribution is 4.93. The van der Waals surface area contributed by atoms with Crippen molar-refractivity contribution >= 4 is 0 Å². The lowest BCUT2D eigenvalue weighted by Gasteiger charge is -2.45. The van der Waals surface area contributed by atoms with Crippen molar-refractivity contribution in [3.8, 4) is 0 Å². The number of rotatable bonds is 4. The van der Waals surface area contributed by atoms with Gasteiger partial charge in [0.1, 0.15) is 0 Å². The monoisotopic (exact) mass is 158 g/mol. The van der Waals surface area contributed by atoms with Crippen molar-refractivity contribution in [1.82, 2.24) is 0 Å². The van der Waals surface area contributed by atoms with Crippen molar-refractivity contribution in [2.45, 2.75) is 38.7 Å². The summed E-state index contributed by atoms with van der Waals surface area (Å²) in [4.78, 5) is 0. The van der Waals surface area contributed by atoms with Gasteiger partial charge in [-0.25, -0.2) is 0 Å². The molecule has 0 aromatic heterocycles. The number of ether oxygens (including phenoxy) is 1. The molecule has 2 heteroatoms. The highest BCUT2D eigenvalue weighted by Gasteiger charge is 2.42. The van der Waals surface area contributed by atoms with Gasteiger partial charge in [-0.3, -0.25) is 0 Å². The number of aliphatic hydroxyl groups is 1. The fourth-order valence-electron chi connectivity index (χ4n) is 2.06. The van der Waals surface area contributed by atoms with Gasteiger partial charge >= 0.3 is 0 Å². The normalized spacial score (nSPS) is 24.3. The summed E-state index contributed by atoms with van der Waals surface area (Å²) in [6, 6.07) is 0. The summed E-state index contributed by atoms with van der Waals surface area (Å²) in [5, 5.41) is 9.19. The fraction of sp³-hybridized carbons (Fsp3) is 1.00. The Labute approximate surface area is 68.6 Å². The molecule has 1 aliphatic rings. The van der Waals surface area contributed by atoms with Crippen molar-refractivity contribution < 1.29 is 9.84 Å². The molecule has 1 unspecified atom stereocenters. The Balaban J connectivity index is 2.51. The number of aliphatic hydroxyl groups excluding tert-OH is 1. The Hall–Kier alpha value is -0.0800. The highest BCUT2D eigenvalue weighted by Crippen LogP contribution is 2.45. The lowest BCUT2D eigenvalue weighted by molar-refractivity contribution is -0.0918. The quantitative estimate of drug-likeness (QED) is 0.673. The van der Waals surface area contributed by atoms with E-state index >= 15 is 0 Å². The molecule has 0 aromatic carbocycles. The second kappa shape index (κ2) is 3.55. The standard InChI is InChI=1S/C9H18O2/c1-3-8(11-2)9(7-10)5-4-6-9/h8,10H,3-7H2,1-2H3. The molecule has 2 nitrogen and oxygen atoms in total. The Kier molecular flexibility index (Phi) is 2.90. The molecule has 0 heterocycles. The van der Waals surface area contributed by atoms with Gasteiger partial charge in [-0.15, -0.1) is 0 Å². The van der Waals surface area contributed by atoms with Gasteiger partial charge in [-0.2, -0.15) is 0 Å². The molecule has 66 valence electrons. The first-order valence-corrected chi connectivity index (χ1v) is 4.42. The minimum absolute atomic E-state index is 0.115. The number of methoxy groups -OCH3 is 1. The minimum Gasteiger partial charge on any atom is -0.396 e. The topological polar surface area (TPSA) is 29.5 Å². The van der Waals surface area contributed by atoms with Crippen LogP contribution in [0.3, 0.4) is 0 Å². The molecule has 1 N–H and O–H groups in total. The summed E-state index contributed by atoms with van der Waals surface area (Å²) in [5.74, 6) is 0. The van der Waals surface area contributed by atoms with Crippen LogP contribution in [-0.4, -0.2) is 24.9 Å². The average molecular weight is 158 g/mol. The van der Waals surface area contributed by atoms with E-state index in [1.54, 1.807) is 7.11 Å². The molecule has 0 bridgehead atoms. The van der Waals surface area contributed by atoms with Crippen molar-refractivity contribution in [1.29, 1.82) is 0 Å². The van der Waals surface area contributed by atoms with E-state index in [1.807, 2.05) is 0 Å². The van der Waals surface area contributed by atoms with E-state index in [-0.39, 0.29) is 11.5 Å². The van der Waals surface area contributed by atoms with Crippen molar-refractivity contribution in [2.75, 3.05) is 13.7 Å². The Bertz CT molecular complexity index is 109. The van der Waals surface area contributed by atoms with Crippen LogP contribution in [-0.2, 0) is 4.74 Å². The van der Waals surface area contributed by atoms with E-state index in [2.05, 4.69) is 6.92 Å². The van der Waals surface area contributed by atoms with Crippen molar-refractivity contribution in [3.63, 3.8) is 0 Å². The third kappa shape index (κ3) is 1.42. The predicted octanol–water partition coefficient (Wildman–Crippen LogP) is 1.57. The first-order valence-electron chi connectivity index (χ1n) is 4.42. The maximum Gasteiger partial charge on any atom is 0.0646 e. The first kappa shape index (κ1) is 9.01. The van der Waals surface area contributed by atoms with Gasteiger partial charge < -0.3 is 9.84 Å². The lowest BCUT2D eigenvalue weighted by atomic mass is 9.65. The van der Waals surface area contributed by atoms with Crippen LogP contribution < -0.4 is 0 Å². The molecular weight excluding hydrogens is 140 g/mol. The van der Waals surface area contributed by atoms with Crippen LogP contribution in [0.15, 0.2) is 0 Å². The zero-order valence-corrected chi connectivity index (χ0v) is 7.47. The van der Waals surface area contributed by atoms with Crippen LogP contribution in [0.5, 0.6) is 0 Å². The molecule has 1 saturated carbocycles. The van der Waals surface area contributed by atoms with E-state index < -0.39 is 0 Å². The van der Waals surface area contributed by atoms with Crippen LogP contribution >= 0.6 is 0 Å². The van der Waals surface area contributed by atoms with Gasteiger partial charge in [0.25, 0.3) is 0 Å². The molecule has 1 atom stereocenters. The molecule has 1 fully saturated rings. The van der Waals surface area contributed by atoms with Crippen LogP contribution in [0.2, 0.25) is 0 Å². The van der Waals surface area contributed by atoms with E-state index in [1.165, 1.54) is 6.42 Å². The molecule has 0 saturated heterocycles. The van der Waals surface area contributed by atoms with Gasteiger partial charge in [0.05, 0.1) is 12.7 Å². The van der Waals surface area contributed by atoms with Gasteiger partial charge in [0, 0.05) is 12.5 Å². The minimum atomic E-state index is 0.115. The van der Waals surface area contributed by atoms with Crippen LogP contribution in [0, 0.1) is 5.41 Å². The smallest absolute Gasteiger partial charge is 0.0646 e. The summed E-state index contributed by atoms with van der Waals surface area (Å²) in [6.45, 7) is 2.41. The van der Waals surface area contributed by atoms with Gasteiger partial charge in [-0.05, 0) is 19.3 Å². The molecule has 0 radical (unpaired) electrons. The fourth-order valence-corrected chi connectivity index (χ4v) is 2.06. The summed E-state index contributed by atoms with van der Waals surface area (Å²) >= 11 is 0. The SMILES string of the molecule is CCC(OC)C1(CO)CCC1. The van der Waals surface area contributed by atoms with Gasteiger partial charge in [0.15, 0.2) is 0 Å². The zero-order valence-electron chi connectivity index (χ0n) is 7.47. The molecule has 0 aromatic rings. The van der Waals surface area contributed by atoms with E-state index in [0.29, 0.717) is 6.61 Å². The maximum atomic E-state index is 9.19. The summed E-state index contributed by atoms with van der Waals surface area (Å²) in [7, 11) is 1.74. The molecule has 0 spiro atoms. The molecule has 0 aliphatic heterocycles. The maximum absolute atomic E-state index is 9.19. The molecule has 1 rings (SSSR count). The lowest BCUT2D eigenvalue weighted by Crippen LogP contribution is -2.45. The largest absolute Gasteiger partial charge is 0.396 e. The van der Waals surface area contributed by atoms with E-state index in [4.69, 9.17) is 4.74 Å². The molecule has 11 heavy (non-hydrogen) atoms. The number of hydrogen-bond donors (Lipinski definition) is 1. The Morgan fingerprint density at radius 1 is 1.55 bits per heavy atom. The van der Waals surface area contributed by atoms with Crippen molar-refractivity contribution in [2.24, 2.45) is 5.41 Å². The van der Waals surface area contributed by atoms with E-state index in [0.717, 1.165) is 19.3 Å². The average Bonchev–Trinajstić information content (AvgIpc) is 1.96. The molecular formula is C9H18O2. The predicted molar refractivity (Wildman–Crippen MR) is 44.5 cm³/mol. The summed E-state index contributed by atoms with van der Waals surface area (Å²) in [6.07, 6.45) is 4.80. The second-order valence-corrected chi connectivity index (χ2v) is 3.51. The van der Waals surface area contributed by atoms with Gasteiger partial charge in [0.2, 0.25) is 0 Å². The van der Waals surface area contributed by atoms with Gasteiger partial charge in [-0.1, -0.05) is 13.3 Å². The first-order chi connectivity index (χ1) is 5.29. The van der Waals surface area contributed by atoms with Crippen LogP contribution in [0.25, 0.3) is 0 Å². The zero-order chi connectivity index (χ0) is 8.32. The summed E-state index contributed by atoms with van der Waals surface area (Å²) in [5.41, 5.74) is 0.115. The number of hydrogen-bond acceptors (Lipinski definition) is 2. The van der Waals surface area contributed by atoms with Crippen LogP contribution in [0.1, 0.15) is 32.6 Å². The second-order valence-electron chi connectivity index (χ2n) is 3.51. The summed E-state index contributed by atoms with van der Waals surface area (Å²) < 4.78 is 5.34. The van der Waals surface area contributed by atoms with Crippen molar-refractivity contribution in [3.05, 3.63) is 0 Å². The molecule has 1 aliphatic carbocycles.